The summed E-state index contributed by atoms with van der Waals surface area (Å²) in [4.78, 5) is 38.4. The average molecular weight is 290 g/mol. The summed E-state index contributed by atoms with van der Waals surface area (Å²) in [6, 6.07) is 6.70. The quantitative estimate of drug-likeness (QED) is 0.625. The molecule has 0 saturated heterocycles. The van der Waals surface area contributed by atoms with Gasteiger partial charge in [-0.15, -0.1) is 0 Å². The maximum Gasteiger partial charge on any atom is 0.329 e. The minimum atomic E-state index is -0.587. The maximum atomic E-state index is 12.2. The first kappa shape index (κ1) is 15.0. The molecule has 0 saturated carbocycles. The molecule has 2 rings (SSSR count). The predicted octanol–water partition coefficient (Wildman–Crippen LogP) is -0.455. The molecule has 1 heterocycles. The highest BCUT2D eigenvalue weighted by molar-refractivity contribution is 5.78. The topological polar surface area (TPSA) is 110 Å². The number of carbonyl (C=O) groups excluding carboxylic acids is 1. The highest BCUT2D eigenvalue weighted by Crippen LogP contribution is 2.02. The molecule has 1 amide bonds. The van der Waals surface area contributed by atoms with Crippen LogP contribution in [0.3, 0.4) is 0 Å². The van der Waals surface area contributed by atoms with Gasteiger partial charge < -0.3 is 16.0 Å². The van der Waals surface area contributed by atoms with E-state index in [1.54, 1.807) is 24.3 Å². The number of fused-ring (bicyclic) bond motifs is 1. The number of hydrogen-bond acceptors (Lipinski definition) is 4. The number of H-pyrrole nitrogens is 1. The summed E-state index contributed by atoms with van der Waals surface area (Å²) in [5.74, 6) is -0.366. The van der Waals surface area contributed by atoms with Crippen molar-refractivity contribution in [3.63, 3.8) is 0 Å². The van der Waals surface area contributed by atoms with Crippen molar-refractivity contribution in [1.82, 2.24) is 14.9 Å². The summed E-state index contributed by atoms with van der Waals surface area (Å²) in [7, 11) is 0. The standard InChI is InChI=1S/C14H18N4O3/c15-7-3-4-8-16-12(19)9-18-13(20)10-5-1-2-6-11(10)17-14(18)21/h1-2,5-6H,3-4,7-9,15H2,(H,16,19)(H,17,21). The monoisotopic (exact) mass is 290 g/mol. The van der Waals surface area contributed by atoms with Gasteiger partial charge in [-0.1, -0.05) is 12.1 Å². The summed E-state index contributed by atoms with van der Waals surface area (Å²) in [5.41, 5.74) is 4.77. The fraction of sp³-hybridized carbons (Fsp3) is 0.357. The second-order valence-electron chi connectivity index (χ2n) is 4.71. The normalized spacial score (nSPS) is 10.7. The Labute approximate surface area is 120 Å². The van der Waals surface area contributed by atoms with E-state index in [-0.39, 0.29) is 12.5 Å². The maximum absolute atomic E-state index is 12.2. The molecule has 1 aromatic heterocycles. The molecule has 7 nitrogen and oxygen atoms in total. The zero-order valence-electron chi connectivity index (χ0n) is 11.6. The van der Waals surface area contributed by atoms with Crippen molar-refractivity contribution < 1.29 is 4.79 Å². The lowest BCUT2D eigenvalue weighted by Gasteiger charge is -2.07. The van der Waals surface area contributed by atoms with Gasteiger partial charge in [-0.2, -0.15) is 0 Å². The van der Waals surface area contributed by atoms with Crippen LogP contribution in [0, 0.1) is 0 Å². The molecular weight excluding hydrogens is 272 g/mol. The van der Waals surface area contributed by atoms with Crippen LogP contribution in [0.15, 0.2) is 33.9 Å². The van der Waals surface area contributed by atoms with Crippen LogP contribution in [0.4, 0.5) is 0 Å². The molecule has 21 heavy (non-hydrogen) atoms. The highest BCUT2D eigenvalue weighted by atomic mass is 16.2. The van der Waals surface area contributed by atoms with E-state index in [9.17, 15) is 14.4 Å². The number of rotatable bonds is 6. The smallest absolute Gasteiger partial charge is 0.329 e. The summed E-state index contributed by atoms with van der Waals surface area (Å²) in [6.45, 7) is 0.761. The van der Waals surface area contributed by atoms with Gasteiger partial charge in [0.05, 0.1) is 10.9 Å². The number of benzene rings is 1. The SMILES string of the molecule is NCCCCNC(=O)Cn1c(=O)[nH]c2ccccc2c1=O. The van der Waals surface area contributed by atoms with Crippen molar-refractivity contribution in [2.24, 2.45) is 5.73 Å². The van der Waals surface area contributed by atoms with Gasteiger partial charge in [0.2, 0.25) is 5.91 Å². The Bertz CT molecular complexity index is 748. The van der Waals surface area contributed by atoms with Crippen LogP contribution in [-0.4, -0.2) is 28.5 Å². The highest BCUT2D eigenvalue weighted by Gasteiger charge is 2.10. The number of amides is 1. The molecule has 0 fully saturated rings. The summed E-state index contributed by atoms with van der Waals surface area (Å²) in [5, 5.41) is 3.04. The molecule has 0 aliphatic heterocycles. The molecule has 0 aliphatic carbocycles. The van der Waals surface area contributed by atoms with Gasteiger partial charge >= 0.3 is 5.69 Å². The Morgan fingerprint density at radius 1 is 1.24 bits per heavy atom. The third-order valence-electron chi connectivity index (χ3n) is 3.14. The predicted molar refractivity (Wildman–Crippen MR) is 80.1 cm³/mol. The second-order valence-corrected chi connectivity index (χ2v) is 4.71. The molecule has 0 spiro atoms. The van der Waals surface area contributed by atoms with Gasteiger partial charge in [0.15, 0.2) is 0 Å². The van der Waals surface area contributed by atoms with E-state index in [0.29, 0.717) is 24.0 Å². The molecule has 0 atom stereocenters. The van der Waals surface area contributed by atoms with Crippen LogP contribution >= 0.6 is 0 Å². The summed E-state index contributed by atoms with van der Waals surface area (Å²) < 4.78 is 0.903. The van der Waals surface area contributed by atoms with Crippen molar-refractivity contribution in [3.8, 4) is 0 Å². The molecule has 0 radical (unpaired) electrons. The molecule has 4 N–H and O–H groups in total. The first-order valence-electron chi connectivity index (χ1n) is 6.82. The van der Waals surface area contributed by atoms with Gasteiger partial charge in [0.25, 0.3) is 5.56 Å². The fourth-order valence-corrected chi connectivity index (χ4v) is 2.04. The molecule has 112 valence electrons. The number of aromatic nitrogens is 2. The Balaban J connectivity index is 2.17. The van der Waals surface area contributed by atoms with E-state index in [4.69, 9.17) is 5.73 Å². The molecular formula is C14H18N4O3. The second kappa shape index (κ2) is 6.85. The Kier molecular flexibility index (Phi) is 4.89. The van der Waals surface area contributed by atoms with E-state index in [1.165, 1.54) is 0 Å². The van der Waals surface area contributed by atoms with Gasteiger partial charge in [0, 0.05) is 6.54 Å². The number of unbranched alkanes of at least 4 members (excludes halogenated alkanes) is 1. The summed E-state index contributed by atoms with van der Waals surface area (Å²) >= 11 is 0. The van der Waals surface area contributed by atoms with Crippen LogP contribution < -0.4 is 22.3 Å². The van der Waals surface area contributed by atoms with E-state index in [2.05, 4.69) is 10.3 Å². The zero-order valence-corrected chi connectivity index (χ0v) is 11.6. The van der Waals surface area contributed by atoms with Crippen molar-refractivity contribution in [2.75, 3.05) is 13.1 Å². The van der Waals surface area contributed by atoms with Crippen molar-refractivity contribution in [2.45, 2.75) is 19.4 Å². The lowest BCUT2D eigenvalue weighted by Crippen LogP contribution is -2.40. The first-order chi connectivity index (χ1) is 10.1. The van der Waals surface area contributed by atoms with Crippen LogP contribution in [-0.2, 0) is 11.3 Å². The first-order valence-corrected chi connectivity index (χ1v) is 6.82. The van der Waals surface area contributed by atoms with Crippen molar-refractivity contribution in [1.29, 1.82) is 0 Å². The summed E-state index contributed by atoms with van der Waals surface area (Å²) in [6.07, 6.45) is 1.59. The Hall–Kier alpha value is -2.41. The van der Waals surface area contributed by atoms with Gasteiger partial charge in [-0.25, -0.2) is 4.79 Å². The van der Waals surface area contributed by atoms with Gasteiger partial charge in [0.1, 0.15) is 6.54 Å². The Morgan fingerprint density at radius 2 is 2.00 bits per heavy atom. The minimum Gasteiger partial charge on any atom is -0.355 e. The van der Waals surface area contributed by atoms with Crippen molar-refractivity contribution in [3.05, 3.63) is 45.1 Å². The van der Waals surface area contributed by atoms with Gasteiger partial charge in [-0.05, 0) is 31.5 Å². The number of nitrogens with one attached hydrogen (secondary N) is 2. The van der Waals surface area contributed by atoms with E-state index in [1.807, 2.05) is 0 Å². The number of hydrogen-bond donors (Lipinski definition) is 3. The number of nitrogens with zero attached hydrogens (tertiary/aromatic N) is 1. The minimum absolute atomic E-state index is 0.290. The fourth-order valence-electron chi connectivity index (χ4n) is 2.04. The average Bonchev–Trinajstić information content (AvgIpc) is 2.48. The third-order valence-corrected chi connectivity index (χ3v) is 3.14. The molecule has 0 aliphatic rings. The lowest BCUT2D eigenvalue weighted by molar-refractivity contribution is -0.121. The molecule has 0 bridgehead atoms. The molecule has 7 heteroatoms. The van der Waals surface area contributed by atoms with E-state index < -0.39 is 11.2 Å². The number of nitrogens with two attached hydrogens (primary N) is 1. The van der Waals surface area contributed by atoms with Gasteiger partial charge in [-0.3, -0.25) is 14.2 Å². The largest absolute Gasteiger partial charge is 0.355 e. The number of para-hydroxylation sites is 1. The zero-order chi connectivity index (χ0) is 15.2. The van der Waals surface area contributed by atoms with Crippen LogP contribution in [0.1, 0.15) is 12.8 Å². The van der Waals surface area contributed by atoms with Crippen LogP contribution in [0.2, 0.25) is 0 Å². The van der Waals surface area contributed by atoms with E-state index in [0.717, 1.165) is 17.4 Å². The molecule has 0 unspecified atom stereocenters. The molecule has 1 aromatic carbocycles. The molecule has 2 aromatic rings. The number of aromatic amines is 1. The Morgan fingerprint density at radius 3 is 2.76 bits per heavy atom. The van der Waals surface area contributed by atoms with Crippen LogP contribution in [0.5, 0.6) is 0 Å². The lowest BCUT2D eigenvalue weighted by atomic mass is 10.2. The van der Waals surface area contributed by atoms with Crippen LogP contribution in [0.25, 0.3) is 10.9 Å². The third kappa shape index (κ3) is 3.57. The van der Waals surface area contributed by atoms with E-state index >= 15 is 0 Å². The van der Waals surface area contributed by atoms with Crippen molar-refractivity contribution >= 4 is 16.8 Å². The number of carbonyl (C=O) groups is 1.